The Labute approximate surface area is 83.8 Å². The van der Waals surface area contributed by atoms with Crippen molar-refractivity contribution < 1.29 is 9.53 Å². The van der Waals surface area contributed by atoms with Gasteiger partial charge in [-0.3, -0.25) is 5.10 Å². The Morgan fingerprint density at radius 2 is 2.38 bits per heavy atom. The van der Waals surface area contributed by atoms with Gasteiger partial charge in [0.15, 0.2) is 0 Å². The standard InChI is InChI=1S/C8H9BrN2O2/c1-13-8(12)5-6(4-2-3-4)10-11-7(5)9/h4H,2-3H2,1H3,(H,10,11). The number of esters is 1. The van der Waals surface area contributed by atoms with Gasteiger partial charge in [0.1, 0.15) is 10.2 Å². The van der Waals surface area contributed by atoms with Gasteiger partial charge in [-0.05, 0) is 28.8 Å². The summed E-state index contributed by atoms with van der Waals surface area (Å²) in [6.45, 7) is 0. The fourth-order valence-corrected chi connectivity index (χ4v) is 1.76. The minimum absolute atomic E-state index is 0.331. The summed E-state index contributed by atoms with van der Waals surface area (Å²) in [7, 11) is 1.37. The van der Waals surface area contributed by atoms with Crippen molar-refractivity contribution in [2.75, 3.05) is 7.11 Å². The molecular formula is C8H9BrN2O2. The molecule has 1 aliphatic rings. The van der Waals surface area contributed by atoms with Crippen LogP contribution >= 0.6 is 15.9 Å². The summed E-state index contributed by atoms with van der Waals surface area (Å²) in [4.78, 5) is 11.3. The van der Waals surface area contributed by atoms with E-state index >= 15 is 0 Å². The second-order valence-corrected chi connectivity index (χ2v) is 3.82. The van der Waals surface area contributed by atoms with E-state index < -0.39 is 0 Å². The van der Waals surface area contributed by atoms with Gasteiger partial charge in [-0.25, -0.2) is 4.79 Å². The molecule has 1 saturated carbocycles. The van der Waals surface area contributed by atoms with Crippen LogP contribution in [-0.2, 0) is 4.74 Å². The maximum absolute atomic E-state index is 11.3. The smallest absolute Gasteiger partial charge is 0.342 e. The monoisotopic (exact) mass is 244 g/mol. The van der Waals surface area contributed by atoms with E-state index in [9.17, 15) is 4.79 Å². The van der Waals surface area contributed by atoms with Crippen LogP contribution in [-0.4, -0.2) is 23.3 Å². The number of H-pyrrole nitrogens is 1. The minimum Gasteiger partial charge on any atom is -0.465 e. The second-order valence-electron chi connectivity index (χ2n) is 3.07. The number of carbonyl (C=O) groups excluding carboxylic acids is 1. The van der Waals surface area contributed by atoms with Gasteiger partial charge in [0, 0.05) is 5.92 Å². The molecule has 0 unspecified atom stereocenters. The van der Waals surface area contributed by atoms with Crippen LogP contribution in [0.1, 0.15) is 34.8 Å². The third-order valence-corrected chi connectivity index (χ3v) is 2.70. The van der Waals surface area contributed by atoms with Crippen molar-refractivity contribution >= 4 is 21.9 Å². The third-order valence-electron chi connectivity index (χ3n) is 2.13. The zero-order valence-electron chi connectivity index (χ0n) is 7.13. The Morgan fingerprint density at radius 3 is 2.92 bits per heavy atom. The Bertz CT molecular complexity index is 344. The number of rotatable bonds is 2. The van der Waals surface area contributed by atoms with Crippen LogP contribution in [0.25, 0.3) is 0 Å². The van der Waals surface area contributed by atoms with Crippen molar-refractivity contribution in [1.82, 2.24) is 10.2 Å². The van der Waals surface area contributed by atoms with E-state index in [0.717, 1.165) is 18.5 Å². The first-order valence-electron chi connectivity index (χ1n) is 4.06. The van der Waals surface area contributed by atoms with E-state index in [1.165, 1.54) is 7.11 Å². The zero-order chi connectivity index (χ0) is 9.42. The molecule has 2 rings (SSSR count). The van der Waals surface area contributed by atoms with Gasteiger partial charge in [0.2, 0.25) is 0 Å². The minimum atomic E-state index is -0.331. The van der Waals surface area contributed by atoms with Crippen LogP contribution in [0.15, 0.2) is 4.60 Å². The second kappa shape index (κ2) is 3.14. The average Bonchev–Trinajstić information content (AvgIpc) is 2.89. The first-order chi connectivity index (χ1) is 6.24. The molecule has 0 radical (unpaired) electrons. The first-order valence-corrected chi connectivity index (χ1v) is 4.85. The lowest BCUT2D eigenvalue weighted by Crippen LogP contribution is -2.03. The van der Waals surface area contributed by atoms with Gasteiger partial charge in [0.05, 0.1) is 12.8 Å². The predicted octanol–water partition coefficient (Wildman–Crippen LogP) is 1.84. The summed E-state index contributed by atoms with van der Waals surface area (Å²) >= 11 is 3.21. The Morgan fingerprint density at radius 1 is 1.69 bits per heavy atom. The van der Waals surface area contributed by atoms with Gasteiger partial charge in [-0.15, -0.1) is 0 Å². The van der Waals surface area contributed by atoms with Crippen LogP contribution in [0.2, 0.25) is 0 Å². The number of hydrogen-bond donors (Lipinski definition) is 1. The molecule has 1 aliphatic carbocycles. The largest absolute Gasteiger partial charge is 0.465 e. The maximum Gasteiger partial charge on any atom is 0.342 e. The van der Waals surface area contributed by atoms with Crippen LogP contribution in [0.3, 0.4) is 0 Å². The summed E-state index contributed by atoms with van der Waals surface area (Å²) < 4.78 is 5.21. The fraction of sp³-hybridized carbons (Fsp3) is 0.500. The lowest BCUT2D eigenvalue weighted by molar-refractivity contribution is 0.0598. The molecule has 1 heterocycles. The Balaban J connectivity index is 2.39. The molecule has 5 heteroatoms. The number of aromatic amines is 1. The molecule has 70 valence electrons. The third kappa shape index (κ3) is 1.48. The molecule has 0 saturated heterocycles. The zero-order valence-corrected chi connectivity index (χ0v) is 8.72. The lowest BCUT2D eigenvalue weighted by atomic mass is 10.2. The number of methoxy groups -OCH3 is 1. The molecule has 1 aromatic rings. The van der Waals surface area contributed by atoms with E-state index in [1.54, 1.807) is 0 Å². The van der Waals surface area contributed by atoms with E-state index in [0.29, 0.717) is 16.1 Å². The highest BCUT2D eigenvalue weighted by molar-refractivity contribution is 9.10. The molecule has 0 aromatic carbocycles. The molecule has 0 spiro atoms. The summed E-state index contributed by atoms with van der Waals surface area (Å²) in [6.07, 6.45) is 2.25. The van der Waals surface area contributed by atoms with Gasteiger partial charge >= 0.3 is 5.97 Å². The maximum atomic E-state index is 11.3. The van der Waals surface area contributed by atoms with E-state index in [4.69, 9.17) is 0 Å². The summed E-state index contributed by atoms with van der Waals surface area (Å²) in [5, 5.41) is 6.79. The van der Waals surface area contributed by atoms with Crippen molar-refractivity contribution in [3.8, 4) is 0 Å². The topological polar surface area (TPSA) is 55.0 Å². The molecule has 4 nitrogen and oxygen atoms in total. The van der Waals surface area contributed by atoms with Crippen LogP contribution < -0.4 is 0 Å². The van der Waals surface area contributed by atoms with Crippen LogP contribution in [0, 0.1) is 0 Å². The van der Waals surface area contributed by atoms with Crippen molar-refractivity contribution in [3.05, 3.63) is 15.9 Å². The molecule has 0 atom stereocenters. The van der Waals surface area contributed by atoms with E-state index in [2.05, 4.69) is 30.9 Å². The van der Waals surface area contributed by atoms with Gasteiger partial charge in [0.25, 0.3) is 0 Å². The molecule has 1 fully saturated rings. The predicted molar refractivity (Wildman–Crippen MR) is 49.6 cm³/mol. The first kappa shape index (κ1) is 8.74. The number of carbonyl (C=O) groups is 1. The molecule has 0 amide bonds. The average molecular weight is 245 g/mol. The Kier molecular flexibility index (Phi) is 2.11. The normalized spacial score (nSPS) is 15.8. The molecule has 13 heavy (non-hydrogen) atoms. The van der Waals surface area contributed by atoms with Gasteiger partial charge < -0.3 is 4.74 Å². The number of ether oxygens (including phenoxy) is 1. The summed E-state index contributed by atoms with van der Waals surface area (Å²) in [6, 6.07) is 0. The quantitative estimate of drug-likeness (QED) is 0.808. The van der Waals surface area contributed by atoms with Crippen molar-refractivity contribution in [3.63, 3.8) is 0 Å². The number of hydrogen-bond acceptors (Lipinski definition) is 3. The highest BCUT2D eigenvalue weighted by atomic mass is 79.9. The number of aromatic nitrogens is 2. The molecular weight excluding hydrogens is 236 g/mol. The van der Waals surface area contributed by atoms with Gasteiger partial charge in [-0.1, -0.05) is 0 Å². The number of halogens is 1. The molecule has 1 N–H and O–H groups in total. The van der Waals surface area contributed by atoms with Crippen molar-refractivity contribution in [1.29, 1.82) is 0 Å². The van der Waals surface area contributed by atoms with Crippen molar-refractivity contribution in [2.45, 2.75) is 18.8 Å². The SMILES string of the molecule is COC(=O)c1c(Br)n[nH]c1C1CC1. The highest BCUT2D eigenvalue weighted by Gasteiger charge is 2.32. The van der Waals surface area contributed by atoms with E-state index in [-0.39, 0.29) is 5.97 Å². The number of nitrogens with zero attached hydrogens (tertiary/aromatic N) is 1. The highest BCUT2D eigenvalue weighted by Crippen LogP contribution is 2.42. The van der Waals surface area contributed by atoms with Crippen LogP contribution in [0.4, 0.5) is 0 Å². The molecule has 0 aliphatic heterocycles. The van der Waals surface area contributed by atoms with Crippen molar-refractivity contribution in [2.24, 2.45) is 0 Å². The van der Waals surface area contributed by atoms with E-state index in [1.807, 2.05) is 0 Å². The fourth-order valence-electron chi connectivity index (χ4n) is 1.30. The van der Waals surface area contributed by atoms with Crippen LogP contribution in [0.5, 0.6) is 0 Å². The Hall–Kier alpha value is -0.840. The van der Waals surface area contributed by atoms with Gasteiger partial charge in [-0.2, -0.15) is 5.10 Å². The lowest BCUT2D eigenvalue weighted by Gasteiger charge is -1.98. The summed E-state index contributed by atoms with van der Waals surface area (Å²) in [5.74, 6) is 0.135. The molecule has 0 bridgehead atoms. The molecule has 1 aromatic heterocycles. The number of nitrogens with one attached hydrogen (secondary N) is 1. The summed E-state index contributed by atoms with van der Waals surface area (Å²) in [5.41, 5.74) is 1.45.